The third-order valence-corrected chi connectivity index (χ3v) is 17.0. The summed E-state index contributed by atoms with van der Waals surface area (Å²) in [7, 11) is 5.09. The van der Waals surface area contributed by atoms with Crippen LogP contribution in [0.25, 0.3) is 10.9 Å². The van der Waals surface area contributed by atoms with Gasteiger partial charge in [0.2, 0.25) is 6.79 Å². The van der Waals surface area contributed by atoms with Crippen LogP contribution in [0.5, 0.6) is 17.2 Å². The molecular formula is C54H63N5O10. The van der Waals surface area contributed by atoms with E-state index in [1.807, 2.05) is 19.2 Å². The highest BCUT2D eigenvalue weighted by molar-refractivity contribution is 5.94. The Bertz CT molecular complexity index is 2810. The van der Waals surface area contributed by atoms with E-state index in [2.05, 4.69) is 81.3 Å². The number of esters is 2. The van der Waals surface area contributed by atoms with Crippen LogP contribution in [0.3, 0.4) is 0 Å². The lowest BCUT2D eigenvalue weighted by Gasteiger charge is -2.64. The van der Waals surface area contributed by atoms with Crippen molar-refractivity contribution >= 4 is 34.6 Å². The SMILES string of the molecule is CCC1=C[C@@H]2CN(CCc3c([nH]c4ccccc34)[C@@](C(=O)OC)(c3cc4c(cc3OC)N(C)[C@H]3[C@](O)(CNC(=O)OCc5ccc6c(c5)OCO6)[C@H](OC(C)=O)[C@]5(CC)C=CCN6CC[C@]43[C@@H]65)C2)C1. The monoisotopic (exact) mass is 941 g/mol. The molecule has 1 amide bonds. The zero-order valence-electron chi connectivity index (χ0n) is 40.4. The molecule has 1 saturated heterocycles. The van der Waals surface area contributed by atoms with E-state index in [-0.39, 0.29) is 37.9 Å². The van der Waals surface area contributed by atoms with Gasteiger partial charge in [0.05, 0.1) is 26.8 Å². The van der Waals surface area contributed by atoms with Crippen molar-refractivity contribution in [2.45, 2.75) is 94.1 Å². The Morgan fingerprint density at radius 1 is 1.00 bits per heavy atom. The molecule has 0 radical (unpaired) electrons. The number of rotatable bonds is 10. The molecule has 3 aromatic carbocycles. The molecule has 1 unspecified atom stereocenters. The third kappa shape index (κ3) is 6.66. The van der Waals surface area contributed by atoms with Crippen LogP contribution in [0, 0.1) is 11.3 Å². The summed E-state index contributed by atoms with van der Waals surface area (Å²) < 4.78 is 35.7. The number of benzene rings is 3. The van der Waals surface area contributed by atoms with E-state index >= 15 is 4.79 Å². The number of hydrogen-bond donors (Lipinski definition) is 3. The number of H-pyrrole nitrogens is 1. The first-order valence-electron chi connectivity index (χ1n) is 24.5. The Morgan fingerprint density at radius 3 is 2.61 bits per heavy atom. The normalized spacial score (nSPS) is 31.6. The van der Waals surface area contributed by atoms with Gasteiger partial charge in [-0.25, -0.2) is 4.79 Å². The number of ether oxygens (including phenoxy) is 6. The van der Waals surface area contributed by atoms with Crippen molar-refractivity contribution in [1.82, 2.24) is 20.1 Å². The summed E-state index contributed by atoms with van der Waals surface area (Å²) >= 11 is 0. The van der Waals surface area contributed by atoms with Crippen molar-refractivity contribution in [2.24, 2.45) is 11.3 Å². The minimum atomic E-state index is -1.88. The summed E-state index contributed by atoms with van der Waals surface area (Å²) in [5.41, 5.74) is 2.43. The van der Waals surface area contributed by atoms with Gasteiger partial charge in [-0.2, -0.15) is 0 Å². The molecule has 1 aromatic heterocycles. The lowest BCUT2D eigenvalue weighted by molar-refractivity contribution is -0.217. The van der Waals surface area contributed by atoms with E-state index in [0.29, 0.717) is 60.7 Å². The predicted molar refractivity (Wildman–Crippen MR) is 258 cm³/mol. The maximum atomic E-state index is 15.5. The van der Waals surface area contributed by atoms with E-state index in [4.69, 9.17) is 28.4 Å². The van der Waals surface area contributed by atoms with Crippen molar-refractivity contribution in [2.75, 3.05) is 72.2 Å². The molecule has 3 N–H and O–H groups in total. The van der Waals surface area contributed by atoms with Gasteiger partial charge in [0.15, 0.2) is 11.5 Å². The first kappa shape index (κ1) is 45.4. The highest BCUT2D eigenvalue weighted by Crippen LogP contribution is 2.68. The van der Waals surface area contributed by atoms with Gasteiger partial charge in [0.25, 0.3) is 0 Å². The molecule has 7 heterocycles. The number of para-hydroxylation sites is 1. The summed E-state index contributed by atoms with van der Waals surface area (Å²) in [6.07, 6.45) is 8.05. The quantitative estimate of drug-likeness (QED) is 0.0926. The van der Waals surface area contributed by atoms with Gasteiger partial charge in [-0.3, -0.25) is 19.4 Å². The number of amides is 1. The molecule has 1 aliphatic carbocycles. The maximum Gasteiger partial charge on any atom is 0.407 e. The lowest BCUT2D eigenvalue weighted by atomic mass is 9.47. The predicted octanol–water partition coefficient (Wildman–Crippen LogP) is 6.28. The first-order valence-corrected chi connectivity index (χ1v) is 24.5. The fraction of sp³-hybridized carbons (Fsp3) is 0.500. The van der Waals surface area contributed by atoms with Crippen LogP contribution in [-0.4, -0.2) is 129 Å². The molecule has 1 spiro atoms. The smallest absolute Gasteiger partial charge is 0.407 e. The average molecular weight is 942 g/mol. The zero-order chi connectivity index (χ0) is 48.0. The van der Waals surface area contributed by atoms with Crippen molar-refractivity contribution in [3.63, 3.8) is 0 Å². The summed E-state index contributed by atoms with van der Waals surface area (Å²) in [4.78, 5) is 53.6. The van der Waals surface area contributed by atoms with E-state index in [1.54, 1.807) is 25.3 Å². The van der Waals surface area contributed by atoms with Crippen LogP contribution in [0.1, 0.15) is 74.4 Å². The van der Waals surface area contributed by atoms with Crippen LogP contribution in [0.4, 0.5) is 10.5 Å². The molecule has 364 valence electrons. The summed E-state index contributed by atoms with van der Waals surface area (Å²) in [5.74, 6) is 0.804. The molecule has 15 heteroatoms. The van der Waals surface area contributed by atoms with Gasteiger partial charge in [-0.05, 0) is 85.5 Å². The van der Waals surface area contributed by atoms with Crippen molar-refractivity contribution < 1.29 is 47.9 Å². The van der Waals surface area contributed by atoms with Gasteiger partial charge in [0, 0.05) is 90.9 Å². The van der Waals surface area contributed by atoms with E-state index < -0.39 is 46.1 Å². The number of methoxy groups -OCH3 is 2. The van der Waals surface area contributed by atoms with Crippen molar-refractivity contribution in [3.05, 3.63) is 106 Å². The summed E-state index contributed by atoms with van der Waals surface area (Å²) in [6.45, 7) is 9.32. The number of aromatic amines is 1. The molecule has 4 aromatic rings. The van der Waals surface area contributed by atoms with Crippen LogP contribution in [-0.2, 0) is 47.7 Å². The number of fused-ring (bicyclic) bond motifs is 7. The largest absolute Gasteiger partial charge is 0.496 e. The fourth-order valence-electron chi connectivity index (χ4n) is 14.4. The molecule has 6 aliphatic heterocycles. The minimum absolute atomic E-state index is 0.00929. The number of likely N-dealkylation sites (N-methyl/N-ethyl adjacent to an activating group) is 1. The van der Waals surface area contributed by atoms with Crippen LogP contribution in [0.2, 0.25) is 0 Å². The lowest BCUT2D eigenvalue weighted by Crippen LogP contribution is -2.81. The van der Waals surface area contributed by atoms with Gasteiger partial charge in [-0.1, -0.05) is 61.9 Å². The number of aliphatic hydroxyl groups is 1. The molecule has 1 saturated carbocycles. The Kier molecular flexibility index (Phi) is 11.1. The summed E-state index contributed by atoms with van der Waals surface area (Å²) in [6, 6.07) is 16.9. The fourth-order valence-corrected chi connectivity index (χ4v) is 14.4. The number of aromatic nitrogens is 1. The standard InChI is InChI=1S/C54H63N5O10/c1-7-33-22-35-26-53(49(61)65-6,45-37(16-20-58(27-33)28-35)36-12-9-10-13-40(36)56-45)39-24-38-41(25-43(39)64-5)57(4)47-52(38)18-21-59-19-11-17-51(8-2,46(52)59)48(69-32(3)60)54(47,63)30-55-50(62)66-29-34-14-15-42-44(23-34)68-31-67-42/h9-15,17,22-25,35,46-48,56,63H,7-8,16,18-21,26-31H2,1-6H3,(H,55,62)/t35-,46-,47+,48+,51+,52+,53-,54+/m0/s1. The molecule has 11 rings (SSSR count). The number of alkyl carbamates (subject to hydrolysis) is 1. The van der Waals surface area contributed by atoms with Gasteiger partial charge < -0.3 is 48.7 Å². The Hall–Kier alpha value is -6.03. The Balaban J connectivity index is 1.09. The second-order valence-corrected chi connectivity index (χ2v) is 20.3. The molecular weight excluding hydrogens is 879 g/mol. The van der Waals surface area contributed by atoms with Crippen LogP contribution < -0.4 is 24.4 Å². The molecule has 69 heavy (non-hydrogen) atoms. The Labute approximate surface area is 402 Å². The third-order valence-electron chi connectivity index (χ3n) is 17.0. The number of carbonyl (C=O) groups is 3. The topological polar surface area (TPSA) is 164 Å². The number of nitrogens with one attached hydrogen (secondary N) is 2. The number of carbonyl (C=O) groups excluding carboxylic acids is 3. The molecule has 15 nitrogen and oxygen atoms in total. The molecule has 2 fully saturated rings. The highest BCUT2D eigenvalue weighted by atomic mass is 16.7. The average Bonchev–Trinajstić information content (AvgIpc) is 4.15. The second kappa shape index (κ2) is 16.8. The summed E-state index contributed by atoms with van der Waals surface area (Å²) in [5, 5.41) is 18.0. The molecule has 2 bridgehead atoms. The Morgan fingerprint density at radius 2 is 1.83 bits per heavy atom. The first-order chi connectivity index (χ1) is 33.3. The minimum Gasteiger partial charge on any atom is -0.496 e. The van der Waals surface area contributed by atoms with Gasteiger partial charge in [0.1, 0.15) is 29.5 Å². The van der Waals surface area contributed by atoms with Crippen LogP contribution >= 0.6 is 0 Å². The van der Waals surface area contributed by atoms with Gasteiger partial charge >= 0.3 is 18.0 Å². The number of anilines is 1. The zero-order valence-corrected chi connectivity index (χ0v) is 40.4. The van der Waals surface area contributed by atoms with E-state index in [1.165, 1.54) is 19.6 Å². The number of nitrogens with zero attached hydrogens (tertiary/aromatic N) is 3. The molecule has 7 aliphatic rings. The van der Waals surface area contributed by atoms with Crippen LogP contribution in [0.15, 0.2) is 78.4 Å². The highest BCUT2D eigenvalue weighted by Gasteiger charge is 2.78. The van der Waals surface area contributed by atoms with E-state index in [0.717, 1.165) is 65.9 Å². The maximum absolute atomic E-state index is 15.5. The van der Waals surface area contributed by atoms with Crippen molar-refractivity contribution in [1.29, 1.82) is 0 Å². The van der Waals surface area contributed by atoms with Crippen molar-refractivity contribution in [3.8, 4) is 17.2 Å². The molecule has 9 atom stereocenters. The number of hydrogen-bond acceptors (Lipinski definition) is 13. The van der Waals surface area contributed by atoms with Gasteiger partial charge in [-0.15, -0.1) is 0 Å². The second-order valence-electron chi connectivity index (χ2n) is 20.3. The van der Waals surface area contributed by atoms with E-state index in [9.17, 15) is 14.7 Å².